The third kappa shape index (κ3) is 4.41. The summed E-state index contributed by atoms with van der Waals surface area (Å²) < 4.78 is 0. The first kappa shape index (κ1) is 20.9. The van der Waals surface area contributed by atoms with Crippen LogP contribution >= 0.6 is 11.8 Å². The lowest BCUT2D eigenvalue weighted by Crippen LogP contribution is -2.49. The third-order valence-corrected chi connectivity index (χ3v) is 6.61. The number of nitrogens with one attached hydrogen (secondary N) is 3. The van der Waals surface area contributed by atoms with E-state index in [0.29, 0.717) is 23.5 Å². The van der Waals surface area contributed by atoms with Crippen LogP contribution in [0.4, 0.5) is 10.5 Å². The standard InChI is InChI=1S/C22H22N4O4S/c1-22(12-11-14-7-3-2-4-8-14)20(29)26(21(30)24-22)25-18(27)13-17-19(28)23-15-9-5-6-10-16(15)31-17/h2-10,17H,11-13H2,1H3,(H,23,28)(H,24,30)(H,25,27)/t17-,22+/m1/s1. The quantitative estimate of drug-likeness (QED) is 0.601. The molecule has 2 atom stereocenters. The Morgan fingerprint density at radius 3 is 2.58 bits per heavy atom. The summed E-state index contributed by atoms with van der Waals surface area (Å²) in [5.74, 6) is -1.39. The molecular formula is C22H22N4O4S. The van der Waals surface area contributed by atoms with Gasteiger partial charge in [-0.25, -0.2) is 4.79 Å². The fraction of sp³-hybridized carbons (Fsp3) is 0.273. The number of carbonyl (C=O) groups is 4. The molecule has 31 heavy (non-hydrogen) atoms. The van der Waals surface area contributed by atoms with Crippen LogP contribution in [0.25, 0.3) is 0 Å². The van der Waals surface area contributed by atoms with E-state index in [4.69, 9.17) is 0 Å². The zero-order chi connectivity index (χ0) is 22.0. The summed E-state index contributed by atoms with van der Waals surface area (Å²) in [5, 5.41) is 5.50. The molecule has 0 bridgehead atoms. The Bertz CT molecular complexity index is 1040. The van der Waals surface area contributed by atoms with Crippen LogP contribution in [0.5, 0.6) is 0 Å². The molecule has 0 spiro atoms. The minimum absolute atomic E-state index is 0.164. The van der Waals surface area contributed by atoms with Crippen LogP contribution in [0, 0.1) is 0 Å². The van der Waals surface area contributed by atoms with Crippen LogP contribution in [0.3, 0.4) is 0 Å². The van der Waals surface area contributed by atoms with Gasteiger partial charge in [0, 0.05) is 11.3 Å². The van der Waals surface area contributed by atoms with E-state index in [9.17, 15) is 19.2 Å². The third-order valence-electron chi connectivity index (χ3n) is 5.33. The van der Waals surface area contributed by atoms with E-state index in [0.717, 1.165) is 10.5 Å². The van der Waals surface area contributed by atoms with Gasteiger partial charge in [-0.05, 0) is 37.5 Å². The van der Waals surface area contributed by atoms with Crippen molar-refractivity contribution in [3.63, 3.8) is 0 Å². The topological polar surface area (TPSA) is 108 Å². The number of benzene rings is 2. The van der Waals surface area contributed by atoms with Crippen molar-refractivity contribution < 1.29 is 19.2 Å². The largest absolute Gasteiger partial charge is 0.344 e. The molecular weight excluding hydrogens is 416 g/mol. The summed E-state index contributed by atoms with van der Waals surface area (Å²) in [5.41, 5.74) is 3.00. The van der Waals surface area contributed by atoms with Crippen molar-refractivity contribution in [1.82, 2.24) is 15.8 Å². The number of para-hydroxylation sites is 1. The number of fused-ring (bicyclic) bond motifs is 1. The molecule has 0 radical (unpaired) electrons. The van der Waals surface area contributed by atoms with Gasteiger partial charge in [0.25, 0.3) is 5.91 Å². The highest BCUT2D eigenvalue weighted by molar-refractivity contribution is 8.01. The van der Waals surface area contributed by atoms with Gasteiger partial charge in [0.05, 0.1) is 10.9 Å². The fourth-order valence-corrected chi connectivity index (χ4v) is 4.67. The molecule has 2 aliphatic heterocycles. The number of aryl methyl sites for hydroxylation is 1. The molecule has 9 heteroatoms. The number of hydrazine groups is 1. The Balaban J connectivity index is 1.36. The van der Waals surface area contributed by atoms with Crippen molar-refractivity contribution >= 4 is 41.2 Å². The molecule has 5 amide bonds. The Morgan fingerprint density at radius 2 is 1.81 bits per heavy atom. The van der Waals surface area contributed by atoms with E-state index < -0.39 is 28.6 Å². The molecule has 2 heterocycles. The lowest BCUT2D eigenvalue weighted by Gasteiger charge is -2.24. The number of nitrogens with zero attached hydrogens (tertiary/aromatic N) is 1. The highest BCUT2D eigenvalue weighted by Crippen LogP contribution is 2.36. The van der Waals surface area contributed by atoms with Gasteiger partial charge in [0.1, 0.15) is 5.54 Å². The number of rotatable bonds is 6. The van der Waals surface area contributed by atoms with Crippen LogP contribution in [-0.2, 0) is 20.8 Å². The van der Waals surface area contributed by atoms with Crippen molar-refractivity contribution in [1.29, 1.82) is 0 Å². The van der Waals surface area contributed by atoms with Gasteiger partial charge < -0.3 is 10.6 Å². The van der Waals surface area contributed by atoms with E-state index >= 15 is 0 Å². The minimum Gasteiger partial charge on any atom is -0.324 e. The Hall–Kier alpha value is -3.33. The number of thioether (sulfide) groups is 1. The smallest absolute Gasteiger partial charge is 0.324 e. The van der Waals surface area contributed by atoms with Gasteiger partial charge in [0.2, 0.25) is 11.8 Å². The summed E-state index contributed by atoms with van der Waals surface area (Å²) in [7, 11) is 0. The summed E-state index contributed by atoms with van der Waals surface area (Å²) in [6.45, 7) is 1.64. The summed E-state index contributed by atoms with van der Waals surface area (Å²) >= 11 is 1.28. The molecule has 2 aliphatic rings. The molecule has 1 fully saturated rings. The maximum Gasteiger partial charge on any atom is 0.344 e. The number of urea groups is 1. The molecule has 4 rings (SSSR count). The SMILES string of the molecule is C[C@@]1(CCc2ccccc2)NC(=O)N(NC(=O)C[C@H]2Sc3ccccc3NC2=O)C1=O. The first-order valence-corrected chi connectivity index (χ1v) is 10.8. The van der Waals surface area contributed by atoms with Crippen LogP contribution in [0.1, 0.15) is 25.3 Å². The lowest BCUT2D eigenvalue weighted by molar-refractivity contribution is -0.139. The van der Waals surface area contributed by atoms with E-state index in [1.54, 1.807) is 13.0 Å². The molecule has 0 unspecified atom stereocenters. The predicted octanol–water partition coefficient (Wildman–Crippen LogP) is 2.46. The molecule has 8 nitrogen and oxygen atoms in total. The molecule has 3 N–H and O–H groups in total. The van der Waals surface area contributed by atoms with Crippen molar-refractivity contribution in [2.75, 3.05) is 5.32 Å². The van der Waals surface area contributed by atoms with Crippen LogP contribution in [-0.4, -0.2) is 39.6 Å². The second-order valence-electron chi connectivity index (χ2n) is 7.72. The maximum atomic E-state index is 12.9. The highest BCUT2D eigenvalue weighted by atomic mass is 32.2. The van der Waals surface area contributed by atoms with Gasteiger partial charge in [-0.3, -0.25) is 19.8 Å². The fourth-order valence-electron chi connectivity index (χ4n) is 3.56. The molecule has 2 aromatic rings. The summed E-state index contributed by atoms with van der Waals surface area (Å²) in [6, 6.07) is 16.3. The van der Waals surface area contributed by atoms with Gasteiger partial charge in [-0.1, -0.05) is 42.5 Å². The first-order chi connectivity index (χ1) is 14.9. The Labute approximate surface area is 183 Å². The highest BCUT2D eigenvalue weighted by Gasteiger charge is 2.48. The van der Waals surface area contributed by atoms with E-state index in [1.165, 1.54) is 11.8 Å². The van der Waals surface area contributed by atoms with E-state index in [-0.39, 0.29) is 12.3 Å². The van der Waals surface area contributed by atoms with Gasteiger partial charge >= 0.3 is 6.03 Å². The number of amides is 5. The van der Waals surface area contributed by atoms with Crippen LogP contribution < -0.4 is 16.1 Å². The Morgan fingerprint density at radius 1 is 1.10 bits per heavy atom. The van der Waals surface area contributed by atoms with Crippen molar-refractivity contribution in [2.24, 2.45) is 0 Å². The van der Waals surface area contributed by atoms with Crippen LogP contribution in [0.2, 0.25) is 0 Å². The minimum atomic E-state index is -1.11. The predicted molar refractivity (Wildman–Crippen MR) is 116 cm³/mol. The molecule has 0 aliphatic carbocycles. The average molecular weight is 439 g/mol. The van der Waals surface area contributed by atoms with Gasteiger partial charge in [0.15, 0.2) is 0 Å². The zero-order valence-corrected chi connectivity index (χ0v) is 17.7. The maximum absolute atomic E-state index is 12.9. The molecule has 1 saturated heterocycles. The van der Waals surface area contributed by atoms with Crippen molar-refractivity contribution in [3.8, 4) is 0 Å². The van der Waals surface area contributed by atoms with Gasteiger partial charge in [-0.15, -0.1) is 11.8 Å². The number of carbonyl (C=O) groups excluding carboxylic acids is 4. The number of imide groups is 1. The molecule has 0 saturated carbocycles. The average Bonchev–Trinajstić information content (AvgIpc) is 2.97. The zero-order valence-electron chi connectivity index (χ0n) is 16.9. The monoisotopic (exact) mass is 438 g/mol. The Kier molecular flexibility index (Phi) is 5.69. The molecule has 160 valence electrons. The van der Waals surface area contributed by atoms with E-state index in [2.05, 4.69) is 16.1 Å². The second-order valence-corrected chi connectivity index (χ2v) is 8.96. The van der Waals surface area contributed by atoms with Crippen molar-refractivity contribution in [3.05, 3.63) is 60.2 Å². The second kappa shape index (κ2) is 8.43. The number of hydrogen-bond donors (Lipinski definition) is 3. The van der Waals surface area contributed by atoms with Crippen molar-refractivity contribution in [2.45, 2.75) is 41.9 Å². The summed E-state index contributed by atoms with van der Waals surface area (Å²) in [4.78, 5) is 50.9. The lowest BCUT2D eigenvalue weighted by atomic mass is 9.93. The number of hydrogen-bond acceptors (Lipinski definition) is 5. The molecule has 0 aromatic heterocycles. The van der Waals surface area contributed by atoms with Gasteiger partial charge in [-0.2, -0.15) is 5.01 Å². The van der Waals surface area contributed by atoms with Crippen LogP contribution in [0.15, 0.2) is 59.5 Å². The molecule has 2 aromatic carbocycles. The first-order valence-electron chi connectivity index (χ1n) is 9.92. The summed E-state index contributed by atoms with van der Waals surface area (Å²) in [6.07, 6.45) is 0.831. The number of anilines is 1. The normalized spacial score (nSPS) is 22.5. The van der Waals surface area contributed by atoms with E-state index in [1.807, 2.05) is 48.5 Å².